The minimum atomic E-state index is -0.374. The van der Waals surface area contributed by atoms with Crippen LogP contribution in [0.4, 0.5) is 5.82 Å². The second-order valence-corrected chi connectivity index (χ2v) is 5.43. The van der Waals surface area contributed by atoms with Crippen molar-refractivity contribution in [1.82, 2.24) is 9.97 Å². The Kier molecular flexibility index (Phi) is 5.93. The normalized spacial score (nSPS) is 12.0. The van der Waals surface area contributed by atoms with Gasteiger partial charge in [-0.05, 0) is 32.6 Å². The van der Waals surface area contributed by atoms with E-state index < -0.39 is 0 Å². The van der Waals surface area contributed by atoms with Crippen molar-refractivity contribution in [1.29, 1.82) is 0 Å². The Balaban J connectivity index is 3.42. The molecule has 0 spiro atoms. The number of hydrogen-bond donors (Lipinski definition) is 1. The molecule has 0 atom stereocenters. The molecule has 0 aliphatic carbocycles. The number of ether oxygens (including phenoxy) is 1. The van der Waals surface area contributed by atoms with Crippen molar-refractivity contribution >= 4 is 5.82 Å². The van der Waals surface area contributed by atoms with Crippen LogP contribution in [0.15, 0.2) is 0 Å². The first kappa shape index (κ1) is 16.9. The summed E-state index contributed by atoms with van der Waals surface area (Å²) in [6.45, 7) is 13.4. The fourth-order valence-corrected chi connectivity index (χ4v) is 2.78. The van der Waals surface area contributed by atoms with Gasteiger partial charge in [0.2, 0.25) is 0 Å². The number of nitrogens with zero attached hydrogens (tertiary/aromatic N) is 2. The predicted molar refractivity (Wildman–Crippen MR) is 84.3 cm³/mol. The van der Waals surface area contributed by atoms with Gasteiger partial charge in [0.25, 0.3) is 0 Å². The van der Waals surface area contributed by atoms with Crippen LogP contribution in [0.2, 0.25) is 0 Å². The molecule has 0 fully saturated rings. The Morgan fingerprint density at radius 1 is 1.15 bits per heavy atom. The summed E-state index contributed by atoms with van der Waals surface area (Å²) in [4.78, 5) is 9.52. The summed E-state index contributed by atoms with van der Waals surface area (Å²) in [5.41, 5.74) is 1.86. The van der Waals surface area contributed by atoms with E-state index in [1.165, 1.54) is 5.56 Å². The second kappa shape index (κ2) is 7.02. The van der Waals surface area contributed by atoms with Gasteiger partial charge in [0.1, 0.15) is 11.4 Å². The zero-order valence-corrected chi connectivity index (χ0v) is 14.0. The minimum absolute atomic E-state index is 0.374. The molecule has 1 aromatic heterocycles. The quantitative estimate of drug-likeness (QED) is 0.819. The molecular formula is C16H29N3O. The van der Waals surface area contributed by atoms with Crippen LogP contribution in [-0.4, -0.2) is 23.6 Å². The van der Waals surface area contributed by atoms with Crippen LogP contribution in [0, 0.1) is 6.92 Å². The summed E-state index contributed by atoms with van der Waals surface area (Å²) in [7, 11) is 1.91. The molecule has 0 aliphatic rings. The van der Waals surface area contributed by atoms with Gasteiger partial charge in [-0.25, -0.2) is 9.97 Å². The van der Waals surface area contributed by atoms with E-state index >= 15 is 0 Å². The van der Waals surface area contributed by atoms with E-state index in [1.807, 2.05) is 14.0 Å². The first-order chi connectivity index (χ1) is 9.45. The van der Waals surface area contributed by atoms with Crippen molar-refractivity contribution in [2.24, 2.45) is 0 Å². The van der Waals surface area contributed by atoms with Crippen LogP contribution in [0.1, 0.15) is 70.5 Å². The standard InChI is InChI=1S/C16H29N3O/c1-8-16(9-2,20-10-3)15-18-12(6)13(11(4)5)14(17-7)19-15/h11H,8-10H2,1-7H3,(H,17,18,19). The van der Waals surface area contributed by atoms with Crippen LogP contribution in [0.25, 0.3) is 0 Å². The van der Waals surface area contributed by atoms with Crippen LogP contribution >= 0.6 is 0 Å². The molecule has 20 heavy (non-hydrogen) atoms. The maximum atomic E-state index is 6.02. The SMILES string of the molecule is CCOC(CC)(CC)c1nc(C)c(C(C)C)c(NC)n1. The Bertz CT molecular complexity index is 440. The van der Waals surface area contributed by atoms with Crippen LogP contribution < -0.4 is 5.32 Å². The number of aryl methyl sites for hydroxylation is 1. The summed E-state index contributed by atoms with van der Waals surface area (Å²) in [5, 5.41) is 3.21. The van der Waals surface area contributed by atoms with Gasteiger partial charge in [0, 0.05) is 24.9 Å². The highest BCUT2D eigenvalue weighted by Gasteiger charge is 2.33. The van der Waals surface area contributed by atoms with Crippen molar-refractivity contribution in [3.05, 3.63) is 17.1 Å². The summed E-state index contributed by atoms with van der Waals surface area (Å²) in [6, 6.07) is 0. The molecule has 0 unspecified atom stereocenters. The maximum absolute atomic E-state index is 6.02. The van der Waals surface area contributed by atoms with Gasteiger partial charge in [0.05, 0.1) is 0 Å². The zero-order valence-electron chi connectivity index (χ0n) is 14.0. The smallest absolute Gasteiger partial charge is 0.162 e. The molecule has 1 rings (SSSR count). The lowest BCUT2D eigenvalue weighted by molar-refractivity contribution is -0.0572. The predicted octanol–water partition coefficient (Wildman–Crippen LogP) is 4.00. The van der Waals surface area contributed by atoms with Crippen LogP contribution in [0.5, 0.6) is 0 Å². The Labute approximate surface area is 123 Å². The van der Waals surface area contributed by atoms with Gasteiger partial charge < -0.3 is 10.1 Å². The van der Waals surface area contributed by atoms with Crippen molar-refractivity contribution < 1.29 is 4.74 Å². The molecule has 1 aromatic rings. The monoisotopic (exact) mass is 279 g/mol. The molecule has 1 heterocycles. The summed E-state index contributed by atoms with van der Waals surface area (Å²) in [6.07, 6.45) is 1.75. The molecule has 0 saturated heterocycles. The molecule has 0 aliphatic heterocycles. The van der Waals surface area contributed by atoms with Crippen molar-refractivity contribution in [2.45, 2.75) is 65.9 Å². The molecule has 114 valence electrons. The maximum Gasteiger partial charge on any atom is 0.162 e. The fraction of sp³-hybridized carbons (Fsp3) is 0.750. The number of anilines is 1. The number of hydrogen-bond acceptors (Lipinski definition) is 4. The van der Waals surface area contributed by atoms with Gasteiger partial charge in [0.15, 0.2) is 5.82 Å². The van der Waals surface area contributed by atoms with Crippen LogP contribution in [0.3, 0.4) is 0 Å². The van der Waals surface area contributed by atoms with Crippen molar-refractivity contribution in [2.75, 3.05) is 19.0 Å². The third-order valence-electron chi connectivity index (χ3n) is 3.92. The first-order valence-electron chi connectivity index (χ1n) is 7.66. The van der Waals surface area contributed by atoms with Gasteiger partial charge in [-0.3, -0.25) is 0 Å². The Morgan fingerprint density at radius 2 is 1.75 bits per heavy atom. The van der Waals surface area contributed by atoms with Gasteiger partial charge in [-0.15, -0.1) is 0 Å². The fourth-order valence-electron chi connectivity index (χ4n) is 2.78. The Morgan fingerprint density at radius 3 is 2.15 bits per heavy atom. The highest BCUT2D eigenvalue weighted by atomic mass is 16.5. The largest absolute Gasteiger partial charge is 0.373 e. The molecule has 4 nitrogen and oxygen atoms in total. The Hall–Kier alpha value is -1.16. The van der Waals surface area contributed by atoms with E-state index in [0.29, 0.717) is 12.5 Å². The van der Waals surface area contributed by atoms with E-state index in [0.717, 1.165) is 30.2 Å². The molecule has 0 radical (unpaired) electrons. The van der Waals surface area contributed by atoms with Crippen molar-refractivity contribution in [3.8, 4) is 0 Å². The molecular weight excluding hydrogens is 250 g/mol. The van der Waals surface area contributed by atoms with Crippen LogP contribution in [-0.2, 0) is 10.3 Å². The number of nitrogens with one attached hydrogen (secondary N) is 1. The molecule has 0 saturated carbocycles. The van der Waals surface area contributed by atoms with E-state index in [2.05, 4.69) is 39.9 Å². The van der Waals surface area contributed by atoms with Crippen molar-refractivity contribution in [3.63, 3.8) is 0 Å². The van der Waals surface area contributed by atoms with Gasteiger partial charge >= 0.3 is 0 Å². The summed E-state index contributed by atoms with van der Waals surface area (Å²) in [5.74, 6) is 2.13. The summed E-state index contributed by atoms with van der Waals surface area (Å²) < 4.78 is 6.02. The zero-order chi connectivity index (χ0) is 15.3. The highest BCUT2D eigenvalue weighted by molar-refractivity contribution is 5.48. The molecule has 0 aromatic carbocycles. The highest BCUT2D eigenvalue weighted by Crippen LogP contribution is 2.34. The average Bonchev–Trinajstić information content (AvgIpc) is 2.43. The van der Waals surface area contributed by atoms with E-state index in [9.17, 15) is 0 Å². The third kappa shape index (κ3) is 3.11. The van der Waals surface area contributed by atoms with E-state index in [-0.39, 0.29) is 5.60 Å². The molecule has 1 N–H and O–H groups in total. The molecule has 0 bridgehead atoms. The first-order valence-corrected chi connectivity index (χ1v) is 7.66. The lowest BCUT2D eigenvalue weighted by Crippen LogP contribution is -2.31. The molecule has 4 heteroatoms. The summed E-state index contributed by atoms with van der Waals surface area (Å²) >= 11 is 0. The van der Waals surface area contributed by atoms with Gasteiger partial charge in [-0.2, -0.15) is 0 Å². The lowest BCUT2D eigenvalue weighted by Gasteiger charge is -2.31. The minimum Gasteiger partial charge on any atom is -0.373 e. The second-order valence-electron chi connectivity index (χ2n) is 5.43. The van der Waals surface area contributed by atoms with E-state index in [4.69, 9.17) is 14.7 Å². The molecule has 0 amide bonds. The number of rotatable bonds is 7. The number of aromatic nitrogens is 2. The topological polar surface area (TPSA) is 47.0 Å². The van der Waals surface area contributed by atoms with Gasteiger partial charge in [-0.1, -0.05) is 27.7 Å². The average molecular weight is 279 g/mol. The third-order valence-corrected chi connectivity index (χ3v) is 3.92. The van der Waals surface area contributed by atoms with E-state index in [1.54, 1.807) is 0 Å². The lowest BCUT2D eigenvalue weighted by atomic mass is 9.94.